The van der Waals surface area contributed by atoms with E-state index in [9.17, 15) is 9.59 Å². The van der Waals surface area contributed by atoms with Gasteiger partial charge < -0.3 is 5.32 Å². The third-order valence-electron chi connectivity index (χ3n) is 3.22. The van der Waals surface area contributed by atoms with E-state index < -0.39 is 11.6 Å². The van der Waals surface area contributed by atoms with Crippen LogP contribution in [0.25, 0.3) is 4.85 Å². The second kappa shape index (κ2) is 6.53. The van der Waals surface area contributed by atoms with E-state index in [1.165, 1.54) is 6.92 Å². The van der Waals surface area contributed by atoms with Crippen LogP contribution in [0.5, 0.6) is 0 Å². The summed E-state index contributed by atoms with van der Waals surface area (Å²) in [6.45, 7) is 18.2. The van der Waals surface area contributed by atoms with Gasteiger partial charge in [-0.05, 0) is 19.8 Å². The van der Waals surface area contributed by atoms with E-state index in [4.69, 9.17) is 6.57 Å². The second-order valence-electron chi connectivity index (χ2n) is 5.59. The molecule has 0 spiro atoms. The number of nitrogens with one attached hydrogen (secondary N) is 1. The Balaban J connectivity index is 5.15. The minimum atomic E-state index is -1.07. The standard InChI is InChI=1S/C14H24N2O2/c1-9(2)8-14(15-7,10(3)4)13(18)16-11(5)12(6)17/h9-11H,8H2,1-6H3,(H,16,18). The van der Waals surface area contributed by atoms with Crippen molar-refractivity contribution < 1.29 is 9.59 Å². The SMILES string of the molecule is [C-]#[N+]C(CC(C)C)(C(=O)NC(C)C(C)=O)C(C)C. The maximum Gasteiger partial charge on any atom is 0.311 e. The summed E-state index contributed by atoms with van der Waals surface area (Å²) >= 11 is 0. The van der Waals surface area contributed by atoms with Crippen LogP contribution in [0.1, 0.15) is 48.0 Å². The van der Waals surface area contributed by atoms with E-state index in [1.807, 2.05) is 27.7 Å². The highest BCUT2D eigenvalue weighted by molar-refractivity contribution is 5.93. The summed E-state index contributed by atoms with van der Waals surface area (Å²) in [6.07, 6.45) is 0.505. The van der Waals surface area contributed by atoms with E-state index >= 15 is 0 Å². The summed E-state index contributed by atoms with van der Waals surface area (Å²) in [4.78, 5) is 27.1. The van der Waals surface area contributed by atoms with Crippen LogP contribution >= 0.6 is 0 Å². The fraction of sp³-hybridized carbons (Fsp3) is 0.786. The van der Waals surface area contributed by atoms with E-state index in [1.54, 1.807) is 6.92 Å². The summed E-state index contributed by atoms with van der Waals surface area (Å²) < 4.78 is 0. The van der Waals surface area contributed by atoms with Crippen molar-refractivity contribution in [3.8, 4) is 0 Å². The first-order valence-electron chi connectivity index (χ1n) is 6.37. The third kappa shape index (κ3) is 3.83. The molecule has 1 N–H and O–H groups in total. The Hall–Kier alpha value is -1.37. The molecule has 2 atom stereocenters. The average molecular weight is 252 g/mol. The molecule has 0 aromatic rings. The molecule has 18 heavy (non-hydrogen) atoms. The van der Waals surface area contributed by atoms with E-state index in [0.717, 1.165) is 0 Å². The lowest BCUT2D eigenvalue weighted by atomic mass is 9.79. The van der Waals surface area contributed by atoms with Crippen molar-refractivity contribution >= 4 is 11.7 Å². The summed E-state index contributed by atoms with van der Waals surface area (Å²) in [5.41, 5.74) is -1.07. The minimum Gasteiger partial charge on any atom is -0.340 e. The first-order chi connectivity index (χ1) is 8.17. The van der Waals surface area contributed by atoms with Crippen molar-refractivity contribution in [2.24, 2.45) is 11.8 Å². The summed E-state index contributed by atoms with van der Waals surface area (Å²) in [6, 6.07) is -0.537. The van der Waals surface area contributed by atoms with Crippen molar-refractivity contribution in [1.29, 1.82) is 0 Å². The molecule has 2 unspecified atom stereocenters. The molecule has 102 valence electrons. The van der Waals surface area contributed by atoms with Crippen molar-refractivity contribution in [2.75, 3.05) is 0 Å². The van der Waals surface area contributed by atoms with E-state index in [0.29, 0.717) is 6.42 Å². The lowest BCUT2D eigenvalue weighted by Gasteiger charge is -2.27. The zero-order valence-corrected chi connectivity index (χ0v) is 12.2. The predicted molar refractivity (Wildman–Crippen MR) is 71.9 cm³/mol. The van der Waals surface area contributed by atoms with Crippen LogP contribution in [0.2, 0.25) is 0 Å². The molecule has 0 aliphatic carbocycles. The second-order valence-corrected chi connectivity index (χ2v) is 5.59. The molecular weight excluding hydrogens is 228 g/mol. The molecule has 0 saturated heterocycles. The number of ketones is 1. The molecule has 0 aromatic heterocycles. The number of carbonyl (C=O) groups is 2. The van der Waals surface area contributed by atoms with Gasteiger partial charge >= 0.3 is 11.4 Å². The number of Topliss-reactive ketones (excluding diaryl/α,β-unsaturated/α-hetero) is 1. The van der Waals surface area contributed by atoms with Crippen LogP contribution in [0.3, 0.4) is 0 Å². The van der Waals surface area contributed by atoms with Crippen LogP contribution in [0.4, 0.5) is 0 Å². The van der Waals surface area contributed by atoms with Crippen molar-refractivity contribution in [3.05, 3.63) is 11.4 Å². The Morgan fingerprint density at radius 1 is 1.22 bits per heavy atom. The zero-order chi connectivity index (χ0) is 14.5. The highest BCUT2D eigenvalue weighted by atomic mass is 16.2. The number of hydrogen-bond acceptors (Lipinski definition) is 2. The number of rotatable bonds is 6. The Labute approximate surface area is 110 Å². The molecule has 0 rings (SSSR count). The molecule has 0 radical (unpaired) electrons. The summed E-state index contributed by atoms with van der Waals surface area (Å²) in [5, 5.41) is 2.66. The van der Waals surface area contributed by atoms with E-state index in [-0.39, 0.29) is 23.5 Å². The van der Waals surface area contributed by atoms with Gasteiger partial charge in [-0.3, -0.25) is 14.4 Å². The lowest BCUT2D eigenvalue weighted by molar-refractivity contribution is -0.130. The molecule has 0 heterocycles. The van der Waals surface area contributed by atoms with Gasteiger partial charge in [0.05, 0.1) is 6.04 Å². The Kier molecular flexibility index (Phi) is 6.04. The molecule has 0 aliphatic heterocycles. The molecule has 4 heteroatoms. The minimum absolute atomic E-state index is 0.0865. The molecule has 0 aromatic carbocycles. The number of amides is 1. The predicted octanol–water partition coefficient (Wildman–Crippen LogP) is 2.44. The number of hydrogen-bond donors (Lipinski definition) is 1. The molecule has 0 bridgehead atoms. The van der Waals surface area contributed by atoms with Crippen LogP contribution in [-0.4, -0.2) is 23.3 Å². The summed E-state index contributed by atoms with van der Waals surface area (Å²) in [7, 11) is 0. The zero-order valence-electron chi connectivity index (χ0n) is 12.2. The van der Waals surface area contributed by atoms with Crippen LogP contribution in [-0.2, 0) is 9.59 Å². The smallest absolute Gasteiger partial charge is 0.311 e. The van der Waals surface area contributed by atoms with Gasteiger partial charge in [0.15, 0.2) is 5.78 Å². The fourth-order valence-corrected chi connectivity index (χ4v) is 1.86. The molecule has 0 fully saturated rings. The van der Waals surface area contributed by atoms with Gasteiger partial charge in [-0.2, -0.15) is 0 Å². The quantitative estimate of drug-likeness (QED) is 0.738. The van der Waals surface area contributed by atoms with Gasteiger partial charge in [0.1, 0.15) is 0 Å². The van der Waals surface area contributed by atoms with E-state index in [2.05, 4.69) is 10.2 Å². The fourth-order valence-electron chi connectivity index (χ4n) is 1.86. The Bertz CT molecular complexity index is 355. The molecule has 0 saturated carbocycles. The van der Waals surface area contributed by atoms with Crippen LogP contribution < -0.4 is 5.32 Å². The van der Waals surface area contributed by atoms with Gasteiger partial charge in [0.2, 0.25) is 0 Å². The van der Waals surface area contributed by atoms with Crippen LogP contribution in [0.15, 0.2) is 0 Å². The maximum atomic E-state index is 12.3. The van der Waals surface area contributed by atoms with Crippen molar-refractivity contribution in [1.82, 2.24) is 5.32 Å². The van der Waals surface area contributed by atoms with Gasteiger partial charge in [0.25, 0.3) is 0 Å². The molecular formula is C14H24N2O2. The Morgan fingerprint density at radius 2 is 1.72 bits per heavy atom. The van der Waals surface area contributed by atoms with Crippen LogP contribution in [0, 0.1) is 18.4 Å². The molecule has 1 amide bonds. The third-order valence-corrected chi connectivity index (χ3v) is 3.22. The molecule has 4 nitrogen and oxygen atoms in total. The number of nitrogens with zero attached hydrogens (tertiary/aromatic N) is 1. The topological polar surface area (TPSA) is 50.5 Å². The Morgan fingerprint density at radius 3 is 2.00 bits per heavy atom. The van der Waals surface area contributed by atoms with Gasteiger partial charge in [-0.25, -0.2) is 6.57 Å². The normalized spacial score (nSPS) is 15.9. The first-order valence-corrected chi connectivity index (χ1v) is 6.37. The number of carbonyl (C=O) groups excluding carboxylic acids is 2. The first kappa shape index (κ1) is 16.6. The van der Waals surface area contributed by atoms with Gasteiger partial charge in [-0.1, -0.05) is 27.7 Å². The van der Waals surface area contributed by atoms with Crippen molar-refractivity contribution in [3.63, 3.8) is 0 Å². The highest BCUT2D eigenvalue weighted by Gasteiger charge is 2.49. The summed E-state index contributed by atoms with van der Waals surface area (Å²) in [5.74, 6) is -0.268. The lowest BCUT2D eigenvalue weighted by Crippen LogP contribution is -2.52. The van der Waals surface area contributed by atoms with Gasteiger partial charge in [0, 0.05) is 12.3 Å². The highest BCUT2D eigenvalue weighted by Crippen LogP contribution is 2.30. The largest absolute Gasteiger partial charge is 0.340 e. The van der Waals surface area contributed by atoms with Crippen molar-refractivity contribution in [2.45, 2.75) is 59.5 Å². The monoisotopic (exact) mass is 252 g/mol. The van der Waals surface area contributed by atoms with Gasteiger partial charge in [-0.15, -0.1) is 0 Å². The molecule has 0 aliphatic rings. The maximum absolute atomic E-state index is 12.3. The average Bonchev–Trinajstić information content (AvgIpc) is 2.24.